The van der Waals surface area contributed by atoms with Crippen molar-refractivity contribution in [2.75, 3.05) is 26.2 Å². The summed E-state index contributed by atoms with van der Waals surface area (Å²) < 4.78 is 29.0. The topological polar surface area (TPSA) is 174 Å². The average Bonchev–Trinajstić information content (AvgIpc) is 3.75. The van der Waals surface area contributed by atoms with E-state index in [9.17, 15) is 19.5 Å². The fraction of sp³-hybridized carbons (Fsp3) is 0.514. The molecule has 0 aromatic heterocycles. The number of nitrogens with one attached hydrogen (secondary N) is 2. The molecule has 4 bridgehead atoms. The lowest BCUT2D eigenvalue weighted by molar-refractivity contribution is -0.142. The van der Waals surface area contributed by atoms with E-state index in [0.29, 0.717) is 42.1 Å². The van der Waals surface area contributed by atoms with Crippen molar-refractivity contribution < 1.29 is 43.2 Å². The van der Waals surface area contributed by atoms with Crippen LogP contribution in [0.1, 0.15) is 52.0 Å². The highest BCUT2D eigenvalue weighted by Gasteiger charge is 2.64. The zero-order chi connectivity index (χ0) is 35.7. The summed E-state index contributed by atoms with van der Waals surface area (Å²) in [5.41, 5.74) is 6.42. The number of nitrogens with zero attached hydrogens (tertiary/aromatic N) is 1. The Kier molecular flexibility index (Phi) is 10.7. The highest BCUT2D eigenvalue weighted by molar-refractivity contribution is 6.35. The van der Waals surface area contributed by atoms with Gasteiger partial charge in [0.25, 0.3) is 0 Å². The molecule has 3 amide bonds. The van der Waals surface area contributed by atoms with Crippen LogP contribution in [-0.4, -0.2) is 80.2 Å². The lowest BCUT2D eigenvalue weighted by atomic mass is 9.83. The number of ether oxygens (including phenoxy) is 5. The molecule has 1 aliphatic carbocycles. The Morgan fingerprint density at radius 2 is 1.96 bits per heavy atom. The van der Waals surface area contributed by atoms with Gasteiger partial charge in [-0.2, -0.15) is 0 Å². The molecule has 7 atom stereocenters. The number of carbonyl (C=O) groups excluding carboxylic acids is 3. The third-order valence-electron chi connectivity index (χ3n) is 9.64. The lowest BCUT2D eigenvalue weighted by Crippen LogP contribution is -2.63. The molecule has 0 saturated carbocycles. The van der Waals surface area contributed by atoms with Crippen LogP contribution in [-0.2, 0) is 30.2 Å². The van der Waals surface area contributed by atoms with E-state index < -0.39 is 59.8 Å². The molecule has 266 valence electrons. The summed E-state index contributed by atoms with van der Waals surface area (Å²) in [6.45, 7) is 5.49. The van der Waals surface area contributed by atoms with E-state index in [2.05, 4.69) is 10.6 Å². The Morgan fingerprint density at radius 3 is 2.63 bits per heavy atom. The first-order valence-corrected chi connectivity index (χ1v) is 16.6. The first-order valence-electron chi connectivity index (χ1n) is 16.2. The number of allylic oxidation sites excluding steroid dienone is 7. The number of benzene rings is 1. The molecule has 0 unspecified atom stereocenters. The van der Waals surface area contributed by atoms with Crippen molar-refractivity contribution in [1.82, 2.24) is 10.6 Å². The number of aliphatic hydroxyl groups is 1. The SMILES string of the molecule is COc1cc2cc(c1Cl)N(C)C(=O)C[C@H](OC(=O)NC1=CC=C(N)CC1)[C@]1(C)O[C@H]1[C@H](C)[C@@H]1C[C@@](O)(NC(=O)O1)[C@H](OC)/C=C/C=C(\C)C2. The largest absolute Gasteiger partial charge is 0.495 e. The van der Waals surface area contributed by atoms with E-state index >= 15 is 0 Å². The number of rotatable bonds is 4. The number of alkyl carbamates (subject to hydrolysis) is 2. The Hall–Kier alpha value is -4.04. The van der Waals surface area contributed by atoms with Gasteiger partial charge in [0.2, 0.25) is 5.91 Å². The average molecular weight is 701 g/mol. The number of hydrogen-bond acceptors (Lipinski definition) is 10. The van der Waals surface area contributed by atoms with Crippen molar-refractivity contribution in [3.8, 4) is 5.75 Å². The van der Waals surface area contributed by atoms with Gasteiger partial charge in [-0.3, -0.25) is 15.4 Å². The minimum Gasteiger partial charge on any atom is -0.495 e. The number of methoxy groups -OCH3 is 2. The van der Waals surface area contributed by atoms with Gasteiger partial charge in [0.05, 0.1) is 25.3 Å². The van der Waals surface area contributed by atoms with Gasteiger partial charge in [-0.1, -0.05) is 42.3 Å². The van der Waals surface area contributed by atoms with Gasteiger partial charge in [-0.15, -0.1) is 0 Å². The summed E-state index contributed by atoms with van der Waals surface area (Å²) in [4.78, 5) is 41.4. The molecule has 1 aromatic rings. The van der Waals surface area contributed by atoms with Crippen LogP contribution in [0.25, 0.3) is 0 Å². The van der Waals surface area contributed by atoms with Gasteiger partial charge in [0, 0.05) is 37.9 Å². The van der Waals surface area contributed by atoms with Crippen LogP contribution in [0.5, 0.6) is 5.75 Å². The van der Waals surface area contributed by atoms with E-state index in [0.717, 1.165) is 11.1 Å². The summed E-state index contributed by atoms with van der Waals surface area (Å²) in [5.74, 6) is -0.491. The molecule has 3 aliphatic heterocycles. The quantitative estimate of drug-likeness (QED) is 0.330. The summed E-state index contributed by atoms with van der Waals surface area (Å²) in [6, 6.07) is 3.61. The molecule has 0 radical (unpaired) electrons. The normalized spacial score (nSPS) is 33.8. The number of amides is 3. The number of nitrogens with two attached hydrogens (primary N) is 1. The van der Waals surface area contributed by atoms with Crippen LogP contribution in [0.3, 0.4) is 0 Å². The van der Waals surface area contributed by atoms with Crippen molar-refractivity contribution in [2.24, 2.45) is 11.7 Å². The van der Waals surface area contributed by atoms with Crippen molar-refractivity contribution in [2.45, 2.75) is 88.6 Å². The predicted molar refractivity (Wildman–Crippen MR) is 182 cm³/mol. The Balaban J connectivity index is 1.53. The number of epoxide rings is 1. The van der Waals surface area contributed by atoms with E-state index in [-0.39, 0.29) is 17.9 Å². The van der Waals surface area contributed by atoms with E-state index in [4.69, 9.17) is 41.0 Å². The summed E-state index contributed by atoms with van der Waals surface area (Å²) in [6.07, 6.45) is 5.03. The maximum atomic E-state index is 14.0. The van der Waals surface area contributed by atoms with Crippen LogP contribution in [0.15, 0.2) is 59.5 Å². The number of anilines is 1. The van der Waals surface area contributed by atoms with Gasteiger partial charge >= 0.3 is 12.2 Å². The third kappa shape index (κ3) is 7.90. The molecule has 1 aromatic carbocycles. The minimum absolute atomic E-state index is 0.0238. The van der Waals surface area contributed by atoms with Crippen LogP contribution in [0, 0.1) is 5.92 Å². The number of hydrogen-bond donors (Lipinski definition) is 4. The van der Waals surface area contributed by atoms with Crippen molar-refractivity contribution in [1.29, 1.82) is 0 Å². The summed E-state index contributed by atoms with van der Waals surface area (Å²) in [7, 11) is 4.54. The fourth-order valence-electron chi connectivity index (χ4n) is 6.65. The molecule has 4 aliphatic rings. The fourth-order valence-corrected chi connectivity index (χ4v) is 6.97. The monoisotopic (exact) mass is 700 g/mol. The van der Waals surface area contributed by atoms with Gasteiger partial charge < -0.3 is 39.4 Å². The maximum Gasteiger partial charge on any atom is 0.411 e. The Morgan fingerprint density at radius 1 is 1.20 bits per heavy atom. The smallest absolute Gasteiger partial charge is 0.411 e. The molecule has 49 heavy (non-hydrogen) atoms. The second kappa shape index (κ2) is 14.4. The van der Waals surface area contributed by atoms with E-state index in [1.165, 1.54) is 19.1 Å². The van der Waals surface area contributed by atoms with Crippen LogP contribution in [0.4, 0.5) is 15.3 Å². The zero-order valence-electron chi connectivity index (χ0n) is 28.6. The molecule has 2 fully saturated rings. The first kappa shape index (κ1) is 36.2. The second-order valence-electron chi connectivity index (χ2n) is 13.3. The highest BCUT2D eigenvalue weighted by atomic mass is 35.5. The van der Waals surface area contributed by atoms with Gasteiger partial charge in [-0.25, -0.2) is 9.59 Å². The van der Waals surface area contributed by atoms with Gasteiger partial charge in [0.1, 0.15) is 34.7 Å². The zero-order valence-corrected chi connectivity index (χ0v) is 29.3. The molecule has 5 rings (SSSR count). The molecule has 3 heterocycles. The van der Waals surface area contributed by atoms with E-state index in [1.54, 1.807) is 44.3 Å². The van der Waals surface area contributed by atoms with Crippen molar-refractivity contribution in [3.63, 3.8) is 0 Å². The van der Waals surface area contributed by atoms with Gasteiger partial charge in [-0.05, 0) is 63.0 Å². The molecule has 13 nitrogen and oxygen atoms in total. The van der Waals surface area contributed by atoms with Crippen LogP contribution < -0.4 is 26.0 Å². The Labute approximate surface area is 291 Å². The highest BCUT2D eigenvalue weighted by Crippen LogP contribution is 2.49. The van der Waals surface area contributed by atoms with Gasteiger partial charge in [0.15, 0.2) is 5.72 Å². The molecule has 14 heteroatoms. The third-order valence-corrected chi connectivity index (χ3v) is 10.0. The molecule has 0 spiro atoms. The number of halogens is 1. The molecular weight excluding hydrogens is 656 g/mol. The summed E-state index contributed by atoms with van der Waals surface area (Å²) >= 11 is 6.73. The minimum atomic E-state index is -1.80. The Bertz CT molecular complexity index is 1610. The first-order chi connectivity index (χ1) is 23.2. The predicted octanol–water partition coefficient (Wildman–Crippen LogP) is 4.37. The van der Waals surface area contributed by atoms with Crippen LogP contribution >= 0.6 is 11.6 Å². The number of carbonyl (C=O) groups is 3. The molecular formula is C35H45ClN4O9. The summed E-state index contributed by atoms with van der Waals surface area (Å²) in [5, 5.41) is 17.2. The molecule has 5 N–H and O–H groups in total. The van der Waals surface area contributed by atoms with E-state index in [1.807, 2.05) is 26.0 Å². The van der Waals surface area contributed by atoms with Crippen LogP contribution in [0.2, 0.25) is 5.02 Å². The lowest BCUT2D eigenvalue weighted by Gasteiger charge is -2.42. The second-order valence-corrected chi connectivity index (χ2v) is 13.6. The number of fused-ring (bicyclic) bond motifs is 5. The maximum absolute atomic E-state index is 14.0. The molecule has 2 saturated heterocycles. The van der Waals surface area contributed by atoms with Crippen molar-refractivity contribution in [3.05, 3.63) is 70.1 Å². The standard InChI is InChI=1S/C35H45ClN4O9/c1-19-8-7-9-27(46-6)35(44)18-26(47-33(43)39-35)20(2)31-34(3,49-31)28(48-32(42)38-23-12-10-22(37)11-13-23)17-29(41)40(4)24-15-21(14-19)16-25(45-5)30(24)36/h7-10,12,15-16,20,26-28,31,44H,11,13-14,17-18,37H2,1-6H3,(H,38,42)(H,39,43)/b9-7+,19-8+/t20-,26+,27-,28+,31+,34+,35+/m1/s1. The van der Waals surface area contributed by atoms with Crippen molar-refractivity contribution >= 4 is 35.4 Å².